The van der Waals surface area contributed by atoms with Gasteiger partial charge in [0.2, 0.25) is 0 Å². The van der Waals surface area contributed by atoms with Crippen LogP contribution >= 0.6 is 15.9 Å². The molecule has 0 aliphatic heterocycles. The summed E-state index contributed by atoms with van der Waals surface area (Å²) in [6.07, 6.45) is 3.84. The third-order valence-electron chi connectivity index (χ3n) is 3.51. The molecule has 0 unspecified atom stereocenters. The minimum Gasteiger partial charge on any atom is -0.496 e. The van der Waals surface area contributed by atoms with Crippen LogP contribution in [0.25, 0.3) is 0 Å². The molecule has 1 aliphatic rings. The zero-order valence-electron chi connectivity index (χ0n) is 11.0. The highest BCUT2D eigenvalue weighted by molar-refractivity contribution is 9.10. The van der Waals surface area contributed by atoms with Crippen molar-refractivity contribution >= 4 is 21.8 Å². The first-order valence-electron chi connectivity index (χ1n) is 6.50. The quantitative estimate of drug-likeness (QED) is 0.896. The molecule has 3 N–H and O–H groups in total. The zero-order valence-corrected chi connectivity index (χ0v) is 12.6. The Morgan fingerprint density at radius 1 is 1.37 bits per heavy atom. The molecule has 104 valence electrons. The van der Waals surface area contributed by atoms with Gasteiger partial charge in [-0.2, -0.15) is 0 Å². The summed E-state index contributed by atoms with van der Waals surface area (Å²) in [6, 6.07) is 5.93. The lowest BCUT2D eigenvalue weighted by molar-refractivity contribution is 0.0922. The van der Waals surface area contributed by atoms with Crippen LogP contribution in [0.1, 0.15) is 36.0 Å². The van der Waals surface area contributed by atoms with E-state index in [1.165, 1.54) is 0 Å². The summed E-state index contributed by atoms with van der Waals surface area (Å²) in [4.78, 5) is 12.3. The monoisotopic (exact) mass is 326 g/mol. The van der Waals surface area contributed by atoms with E-state index in [2.05, 4.69) is 21.2 Å². The van der Waals surface area contributed by atoms with Gasteiger partial charge < -0.3 is 15.8 Å². The second-order valence-corrected chi connectivity index (χ2v) is 5.85. The number of carbonyl (C=O) groups excluding carboxylic acids is 1. The summed E-state index contributed by atoms with van der Waals surface area (Å²) >= 11 is 3.37. The molecule has 0 bridgehead atoms. The van der Waals surface area contributed by atoms with Crippen LogP contribution in [0.15, 0.2) is 22.7 Å². The molecule has 0 saturated heterocycles. The number of rotatable bonds is 3. The maximum absolute atomic E-state index is 12.3. The second kappa shape index (κ2) is 6.39. The van der Waals surface area contributed by atoms with Gasteiger partial charge in [0.05, 0.1) is 12.7 Å². The van der Waals surface area contributed by atoms with Gasteiger partial charge in [-0.25, -0.2) is 0 Å². The topological polar surface area (TPSA) is 64.3 Å². The lowest BCUT2D eigenvalue weighted by Crippen LogP contribution is -2.40. The van der Waals surface area contributed by atoms with E-state index in [1.807, 2.05) is 6.07 Å². The van der Waals surface area contributed by atoms with Crippen LogP contribution < -0.4 is 15.8 Å². The number of hydrogen-bond donors (Lipinski definition) is 2. The average molecular weight is 327 g/mol. The van der Waals surface area contributed by atoms with Crippen molar-refractivity contribution in [1.29, 1.82) is 0 Å². The van der Waals surface area contributed by atoms with Crippen LogP contribution in [0.2, 0.25) is 0 Å². The maximum Gasteiger partial charge on any atom is 0.255 e. The summed E-state index contributed by atoms with van der Waals surface area (Å²) in [7, 11) is 1.57. The standard InChI is InChI=1S/C14H19BrN2O2/c1-19-13-7-2-9(15)8-12(13)14(18)17-11-5-3-10(16)4-6-11/h2,7-8,10-11H,3-6,16H2,1H3,(H,17,18). The van der Waals surface area contributed by atoms with Crippen molar-refractivity contribution < 1.29 is 9.53 Å². The predicted octanol–water partition coefficient (Wildman–Crippen LogP) is 2.46. The van der Waals surface area contributed by atoms with Crippen molar-refractivity contribution in [3.63, 3.8) is 0 Å². The van der Waals surface area contributed by atoms with Crippen molar-refractivity contribution in [2.24, 2.45) is 5.73 Å². The Morgan fingerprint density at radius 3 is 2.68 bits per heavy atom. The van der Waals surface area contributed by atoms with Gasteiger partial charge in [-0.15, -0.1) is 0 Å². The van der Waals surface area contributed by atoms with Crippen molar-refractivity contribution in [2.45, 2.75) is 37.8 Å². The Bertz CT molecular complexity index is 457. The Hall–Kier alpha value is -1.07. The fourth-order valence-corrected chi connectivity index (χ4v) is 2.75. The Kier molecular flexibility index (Phi) is 4.82. The number of nitrogens with two attached hydrogens (primary N) is 1. The molecule has 0 spiro atoms. The summed E-state index contributed by atoms with van der Waals surface area (Å²) in [5.41, 5.74) is 6.43. The average Bonchev–Trinajstić information content (AvgIpc) is 2.41. The summed E-state index contributed by atoms with van der Waals surface area (Å²) < 4.78 is 6.09. The number of nitrogens with one attached hydrogen (secondary N) is 1. The lowest BCUT2D eigenvalue weighted by Gasteiger charge is -2.27. The van der Waals surface area contributed by atoms with E-state index in [-0.39, 0.29) is 18.0 Å². The van der Waals surface area contributed by atoms with Crippen LogP contribution in [0.3, 0.4) is 0 Å². The first-order chi connectivity index (χ1) is 9.10. The van der Waals surface area contributed by atoms with Gasteiger partial charge in [-0.1, -0.05) is 15.9 Å². The molecule has 0 radical (unpaired) electrons. The Labute approximate surface area is 121 Å². The molecule has 1 saturated carbocycles. The second-order valence-electron chi connectivity index (χ2n) is 4.93. The Morgan fingerprint density at radius 2 is 2.05 bits per heavy atom. The fraction of sp³-hybridized carbons (Fsp3) is 0.500. The van der Waals surface area contributed by atoms with Gasteiger partial charge in [0, 0.05) is 16.6 Å². The van der Waals surface area contributed by atoms with Crippen LogP contribution in [-0.4, -0.2) is 25.1 Å². The minimum atomic E-state index is -0.0846. The van der Waals surface area contributed by atoms with E-state index in [4.69, 9.17) is 10.5 Å². The van der Waals surface area contributed by atoms with Crippen LogP contribution in [-0.2, 0) is 0 Å². The number of hydrogen-bond acceptors (Lipinski definition) is 3. The predicted molar refractivity (Wildman–Crippen MR) is 78.4 cm³/mol. The highest BCUT2D eigenvalue weighted by Crippen LogP contribution is 2.24. The SMILES string of the molecule is COc1ccc(Br)cc1C(=O)NC1CCC(N)CC1. The van der Waals surface area contributed by atoms with Gasteiger partial charge in [-0.05, 0) is 43.9 Å². The summed E-state index contributed by atoms with van der Waals surface area (Å²) in [6.45, 7) is 0. The lowest BCUT2D eigenvalue weighted by atomic mass is 9.91. The molecule has 1 fully saturated rings. The summed E-state index contributed by atoms with van der Waals surface area (Å²) in [5, 5.41) is 3.06. The highest BCUT2D eigenvalue weighted by atomic mass is 79.9. The van der Waals surface area contributed by atoms with Crippen molar-refractivity contribution in [2.75, 3.05) is 7.11 Å². The van der Waals surface area contributed by atoms with Gasteiger partial charge in [-0.3, -0.25) is 4.79 Å². The van der Waals surface area contributed by atoms with Gasteiger partial charge >= 0.3 is 0 Å². The van der Waals surface area contributed by atoms with Gasteiger partial charge in [0.1, 0.15) is 5.75 Å². The van der Waals surface area contributed by atoms with E-state index in [9.17, 15) is 4.79 Å². The molecule has 0 atom stereocenters. The molecule has 5 heteroatoms. The molecular weight excluding hydrogens is 308 g/mol. The fourth-order valence-electron chi connectivity index (χ4n) is 2.38. The Balaban J connectivity index is 2.05. The molecule has 0 heterocycles. The van der Waals surface area contributed by atoms with Crippen molar-refractivity contribution in [1.82, 2.24) is 5.32 Å². The normalized spacial score (nSPS) is 22.9. The molecule has 1 aromatic carbocycles. The number of ether oxygens (including phenoxy) is 1. The number of benzene rings is 1. The zero-order chi connectivity index (χ0) is 13.8. The number of halogens is 1. The van der Waals surface area contributed by atoms with E-state index >= 15 is 0 Å². The largest absolute Gasteiger partial charge is 0.496 e. The molecule has 1 amide bonds. The molecule has 1 aliphatic carbocycles. The molecule has 1 aromatic rings. The van der Waals surface area contributed by atoms with Gasteiger partial charge in [0.25, 0.3) is 5.91 Å². The van der Waals surface area contributed by atoms with E-state index < -0.39 is 0 Å². The third-order valence-corrected chi connectivity index (χ3v) is 4.01. The maximum atomic E-state index is 12.3. The van der Waals surface area contributed by atoms with E-state index in [0.29, 0.717) is 11.3 Å². The third kappa shape index (κ3) is 3.70. The van der Waals surface area contributed by atoms with E-state index in [1.54, 1.807) is 19.2 Å². The first kappa shape index (κ1) is 14.3. The molecule has 2 rings (SSSR count). The van der Waals surface area contributed by atoms with Crippen LogP contribution in [0.5, 0.6) is 5.75 Å². The molecule has 0 aromatic heterocycles. The van der Waals surface area contributed by atoms with Crippen molar-refractivity contribution in [3.8, 4) is 5.75 Å². The molecule has 4 nitrogen and oxygen atoms in total. The first-order valence-corrected chi connectivity index (χ1v) is 7.29. The van der Waals surface area contributed by atoms with Crippen molar-refractivity contribution in [3.05, 3.63) is 28.2 Å². The summed E-state index contributed by atoms with van der Waals surface area (Å²) in [5.74, 6) is 0.506. The smallest absolute Gasteiger partial charge is 0.255 e. The van der Waals surface area contributed by atoms with Crippen LogP contribution in [0, 0.1) is 0 Å². The molecular formula is C14H19BrN2O2. The number of carbonyl (C=O) groups is 1. The van der Waals surface area contributed by atoms with Crippen LogP contribution in [0.4, 0.5) is 0 Å². The minimum absolute atomic E-state index is 0.0846. The van der Waals surface area contributed by atoms with E-state index in [0.717, 1.165) is 30.2 Å². The highest BCUT2D eigenvalue weighted by Gasteiger charge is 2.22. The number of methoxy groups -OCH3 is 1. The number of amides is 1. The van der Waals surface area contributed by atoms with Gasteiger partial charge in [0.15, 0.2) is 0 Å². The molecule has 19 heavy (non-hydrogen) atoms.